The van der Waals surface area contributed by atoms with Crippen LogP contribution in [0, 0.1) is 0 Å². The molecular weight excluding hydrogens is 380 g/mol. The van der Waals surface area contributed by atoms with Gasteiger partial charge in [0.25, 0.3) is 0 Å². The zero-order chi connectivity index (χ0) is 19.1. The maximum atomic E-state index is 12.1. The summed E-state index contributed by atoms with van der Waals surface area (Å²) in [5.41, 5.74) is 3.03. The van der Waals surface area contributed by atoms with Gasteiger partial charge < -0.3 is 10.2 Å². The minimum Gasteiger partial charge on any atom is -0.351 e. The number of rotatable bonds is 7. The fourth-order valence-corrected chi connectivity index (χ4v) is 4.07. The highest BCUT2D eigenvalue weighted by atomic mass is 35.5. The Kier molecular flexibility index (Phi) is 7.18. The first-order chi connectivity index (χ1) is 13.1. The molecular formula is C21H23ClN2O2S. The van der Waals surface area contributed by atoms with Crippen molar-refractivity contribution in [3.8, 4) is 0 Å². The van der Waals surface area contributed by atoms with Crippen molar-refractivity contribution in [3.05, 3.63) is 64.7 Å². The average molecular weight is 403 g/mol. The lowest BCUT2D eigenvalue weighted by atomic mass is 10.1. The highest BCUT2D eigenvalue weighted by Crippen LogP contribution is 2.22. The van der Waals surface area contributed by atoms with Crippen LogP contribution < -0.4 is 10.2 Å². The highest BCUT2D eigenvalue weighted by molar-refractivity contribution is 7.99. The molecule has 0 bridgehead atoms. The van der Waals surface area contributed by atoms with E-state index in [1.54, 1.807) is 11.8 Å². The molecule has 142 valence electrons. The molecule has 2 aromatic carbocycles. The summed E-state index contributed by atoms with van der Waals surface area (Å²) in [6, 6.07) is 15.5. The van der Waals surface area contributed by atoms with E-state index in [9.17, 15) is 9.59 Å². The zero-order valence-electron chi connectivity index (χ0n) is 15.1. The maximum absolute atomic E-state index is 12.1. The van der Waals surface area contributed by atoms with Gasteiger partial charge >= 0.3 is 0 Å². The Morgan fingerprint density at radius 1 is 1.11 bits per heavy atom. The van der Waals surface area contributed by atoms with E-state index in [4.69, 9.17) is 11.6 Å². The first kappa shape index (κ1) is 19.8. The minimum absolute atomic E-state index is 0.00137. The van der Waals surface area contributed by atoms with Gasteiger partial charge in [0.1, 0.15) is 0 Å². The Morgan fingerprint density at radius 3 is 2.74 bits per heavy atom. The van der Waals surface area contributed by atoms with Gasteiger partial charge in [0, 0.05) is 36.0 Å². The average Bonchev–Trinajstić information content (AvgIpc) is 2.67. The fraction of sp³-hybridized carbons (Fsp3) is 0.333. The number of hydrogen-bond acceptors (Lipinski definition) is 3. The molecule has 2 aromatic rings. The van der Waals surface area contributed by atoms with E-state index in [2.05, 4.69) is 5.32 Å². The molecule has 1 aliphatic heterocycles. The number of piperidine rings is 1. The van der Waals surface area contributed by atoms with Crippen LogP contribution in [0.25, 0.3) is 0 Å². The van der Waals surface area contributed by atoms with E-state index in [1.807, 2.05) is 53.4 Å². The first-order valence-corrected chi connectivity index (χ1v) is 10.6. The molecule has 0 radical (unpaired) electrons. The number of halogens is 1. The molecule has 4 nitrogen and oxygen atoms in total. The maximum Gasteiger partial charge on any atom is 0.230 e. The van der Waals surface area contributed by atoms with Crippen LogP contribution in [0.4, 0.5) is 5.69 Å². The van der Waals surface area contributed by atoms with Crippen LogP contribution in [0.15, 0.2) is 48.5 Å². The molecule has 0 spiro atoms. The van der Waals surface area contributed by atoms with E-state index in [1.165, 1.54) is 0 Å². The second kappa shape index (κ2) is 9.81. The van der Waals surface area contributed by atoms with Crippen LogP contribution in [0.1, 0.15) is 30.4 Å². The topological polar surface area (TPSA) is 49.4 Å². The fourth-order valence-electron chi connectivity index (χ4n) is 3.05. The Morgan fingerprint density at radius 2 is 1.93 bits per heavy atom. The Balaban J connectivity index is 1.46. The van der Waals surface area contributed by atoms with Crippen LogP contribution in [0.3, 0.4) is 0 Å². The summed E-state index contributed by atoms with van der Waals surface area (Å²) in [7, 11) is 0. The summed E-state index contributed by atoms with van der Waals surface area (Å²) in [5, 5.41) is 3.66. The van der Waals surface area contributed by atoms with Gasteiger partial charge in [0.05, 0.1) is 5.75 Å². The van der Waals surface area contributed by atoms with Crippen molar-refractivity contribution in [1.82, 2.24) is 5.32 Å². The Labute approximate surface area is 169 Å². The van der Waals surface area contributed by atoms with Crippen LogP contribution >= 0.6 is 23.4 Å². The van der Waals surface area contributed by atoms with Gasteiger partial charge in [0.2, 0.25) is 11.8 Å². The standard InChI is InChI=1S/C21H23ClN2O2S/c22-18-7-3-6-17(11-18)14-27-15-20(25)23-13-16-5-4-8-19(12-16)24-10-2-1-9-21(24)26/h3-8,11-12H,1-2,9-10,13-15H2,(H,23,25). The van der Waals surface area contributed by atoms with Gasteiger partial charge in [-0.2, -0.15) is 0 Å². The van der Waals surface area contributed by atoms with Crippen molar-refractivity contribution >= 4 is 40.9 Å². The second-order valence-corrected chi connectivity index (χ2v) is 7.99. The van der Waals surface area contributed by atoms with E-state index >= 15 is 0 Å². The number of carbonyl (C=O) groups is 2. The molecule has 0 aliphatic carbocycles. The molecule has 27 heavy (non-hydrogen) atoms. The van der Waals surface area contributed by atoms with Gasteiger partial charge in [-0.3, -0.25) is 9.59 Å². The summed E-state index contributed by atoms with van der Waals surface area (Å²) in [6.07, 6.45) is 2.62. The van der Waals surface area contributed by atoms with Crippen LogP contribution in [0.2, 0.25) is 5.02 Å². The molecule has 1 fully saturated rings. The molecule has 0 unspecified atom stereocenters. The largest absolute Gasteiger partial charge is 0.351 e. The molecule has 0 aromatic heterocycles. The molecule has 2 amide bonds. The van der Waals surface area contributed by atoms with Crippen LogP contribution in [-0.4, -0.2) is 24.1 Å². The van der Waals surface area contributed by atoms with E-state index in [0.717, 1.165) is 42.0 Å². The predicted molar refractivity (Wildman–Crippen MR) is 112 cm³/mol. The summed E-state index contributed by atoms with van der Waals surface area (Å²) in [5.74, 6) is 1.33. The molecule has 6 heteroatoms. The second-order valence-electron chi connectivity index (χ2n) is 6.57. The van der Waals surface area contributed by atoms with Gasteiger partial charge in [0.15, 0.2) is 0 Å². The summed E-state index contributed by atoms with van der Waals surface area (Å²) >= 11 is 7.53. The normalized spacial score (nSPS) is 14.3. The third-order valence-corrected chi connectivity index (χ3v) is 5.67. The monoisotopic (exact) mass is 402 g/mol. The van der Waals surface area contributed by atoms with E-state index in [0.29, 0.717) is 23.7 Å². The molecule has 3 rings (SSSR count). The number of nitrogens with one attached hydrogen (secondary N) is 1. The lowest BCUT2D eigenvalue weighted by Crippen LogP contribution is -2.35. The number of thioether (sulfide) groups is 1. The smallest absolute Gasteiger partial charge is 0.230 e. The van der Waals surface area contributed by atoms with Gasteiger partial charge in [-0.25, -0.2) is 0 Å². The van der Waals surface area contributed by atoms with Gasteiger partial charge in [-0.15, -0.1) is 11.8 Å². The van der Waals surface area contributed by atoms with Crippen LogP contribution in [-0.2, 0) is 21.9 Å². The lowest BCUT2D eigenvalue weighted by Gasteiger charge is -2.27. The molecule has 0 saturated carbocycles. The number of hydrogen-bond donors (Lipinski definition) is 1. The zero-order valence-corrected chi connectivity index (χ0v) is 16.7. The molecule has 0 atom stereocenters. The Hall–Kier alpha value is -1.98. The molecule has 1 heterocycles. The predicted octanol–water partition coefficient (Wildman–Crippen LogP) is 4.41. The van der Waals surface area contributed by atoms with Gasteiger partial charge in [-0.05, 0) is 48.2 Å². The minimum atomic E-state index is 0.00137. The molecule has 1 aliphatic rings. The van der Waals surface area contributed by atoms with E-state index < -0.39 is 0 Å². The summed E-state index contributed by atoms with van der Waals surface area (Å²) in [6.45, 7) is 1.24. The number of amides is 2. The van der Waals surface area contributed by atoms with E-state index in [-0.39, 0.29) is 11.8 Å². The number of carbonyl (C=O) groups excluding carboxylic acids is 2. The van der Waals surface area contributed by atoms with Crippen molar-refractivity contribution in [2.24, 2.45) is 0 Å². The van der Waals surface area contributed by atoms with Gasteiger partial charge in [-0.1, -0.05) is 35.9 Å². The number of nitrogens with zero attached hydrogens (tertiary/aromatic N) is 1. The van der Waals surface area contributed by atoms with Crippen molar-refractivity contribution in [3.63, 3.8) is 0 Å². The van der Waals surface area contributed by atoms with Crippen LogP contribution in [0.5, 0.6) is 0 Å². The quantitative estimate of drug-likeness (QED) is 0.746. The third kappa shape index (κ3) is 6.01. The Bertz CT molecular complexity index is 812. The third-order valence-electron chi connectivity index (χ3n) is 4.43. The summed E-state index contributed by atoms with van der Waals surface area (Å²) in [4.78, 5) is 26.0. The molecule has 1 N–H and O–H groups in total. The van der Waals surface area contributed by atoms with Crippen molar-refractivity contribution in [2.75, 3.05) is 17.2 Å². The lowest BCUT2D eigenvalue weighted by molar-refractivity contribution is -0.120. The number of anilines is 1. The first-order valence-electron chi connectivity index (χ1n) is 9.10. The number of benzene rings is 2. The van der Waals surface area contributed by atoms with Crippen molar-refractivity contribution in [1.29, 1.82) is 0 Å². The highest BCUT2D eigenvalue weighted by Gasteiger charge is 2.19. The van der Waals surface area contributed by atoms with Crippen molar-refractivity contribution < 1.29 is 9.59 Å². The SMILES string of the molecule is O=C(CSCc1cccc(Cl)c1)NCc1cccc(N2CCCCC2=O)c1. The van der Waals surface area contributed by atoms with Crippen molar-refractivity contribution in [2.45, 2.75) is 31.6 Å². The molecule has 1 saturated heterocycles. The summed E-state index contributed by atoms with van der Waals surface area (Å²) < 4.78 is 0.